The van der Waals surface area contributed by atoms with Crippen LogP contribution < -0.4 is 21.1 Å². The third-order valence-corrected chi connectivity index (χ3v) is 6.94. The van der Waals surface area contributed by atoms with E-state index in [0.29, 0.717) is 77.4 Å². The summed E-state index contributed by atoms with van der Waals surface area (Å²) in [6.07, 6.45) is 0.367. The van der Waals surface area contributed by atoms with E-state index in [2.05, 4.69) is 10.6 Å². The Balaban J connectivity index is 0.992. The van der Waals surface area contributed by atoms with Crippen molar-refractivity contribution in [3.63, 3.8) is 0 Å². The Hall–Kier alpha value is -4.37. The van der Waals surface area contributed by atoms with Gasteiger partial charge in [-0.05, 0) is 36.2 Å². The second kappa shape index (κ2) is 17.2. The molecule has 0 bridgehead atoms. The molecule has 0 saturated carbocycles. The van der Waals surface area contributed by atoms with Crippen LogP contribution >= 0.6 is 0 Å². The van der Waals surface area contributed by atoms with Gasteiger partial charge in [0.05, 0.1) is 70.4 Å². The van der Waals surface area contributed by atoms with E-state index < -0.39 is 29.7 Å². The number of rotatable bonds is 20. The first-order valence-electron chi connectivity index (χ1n) is 14.7. The Bertz CT molecular complexity index is 1350. The molecule has 0 spiro atoms. The molecule has 0 aliphatic carbocycles. The highest BCUT2D eigenvalue weighted by molar-refractivity contribution is 6.25. The molecular formula is C31H38N4O10. The lowest BCUT2D eigenvalue weighted by atomic mass is 10.0. The number of anilines is 1. The number of imide groups is 2. The van der Waals surface area contributed by atoms with Gasteiger partial charge in [0.2, 0.25) is 17.7 Å². The molecular weight excluding hydrogens is 588 g/mol. The Labute approximate surface area is 260 Å². The molecule has 2 aliphatic heterocycles. The molecule has 1 atom stereocenters. The van der Waals surface area contributed by atoms with E-state index in [0.717, 1.165) is 10.5 Å². The normalized spacial score (nSPS) is 16.1. The van der Waals surface area contributed by atoms with Crippen LogP contribution in [0.3, 0.4) is 0 Å². The second-order valence-corrected chi connectivity index (χ2v) is 10.2. The number of ether oxygens (including phenoxy) is 5. The van der Waals surface area contributed by atoms with Crippen molar-refractivity contribution in [1.29, 1.82) is 0 Å². The van der Waals surface area contributed by atoms with Crippen LogP contribution in [0.4, 0.5) is 5.69 Å². The lowest BCUT2D eigenvalue weighted by Crippen LogP contribution is -2.54. The minimum Gasteiger partial charge on any atom is -0.491 e. The zero-order valence-electron chi connectivity index (χ0n) is 24.9. The maximum absolute atomic E-state index is 13.1. The summed E-state index contributed by atoms with van der Waals surface area (Å²) in [4.78, 5) is 61.6. The number of carbonyl (C=O) groups excluding carboxylic acids is 5. The van der Waals surface area contributed by atoms with Gasteiger partial charge >= 0.3 is 0 Å². The van der Waals surface area contributed by atoms with Crippen LogP contribution in [-0.4, -0.2) is 106 Å². The average molecular weight is 627 g/mol. The number of carbonyl (C=O) groups is 5. The van der Waals surface area contributed by atoms with Crippen LogP contribution in [-0.2, 0) is 39.8 Å². The van der Waals surface area contributed by atoms with Crippen molar-refractivity contribution < 1.29 is 47.7 Å². The van der Waals surface area contributed by atoms with E-state index in [4.69, 9.17) is 29.4 Å². The summed E-state index contributed by atoms with van der Waals surface area (Å²) in [6.45, 7) is 3.96. The predicted molar refractivity (Wildman–Crippen MR) is 160 cm³/mol. The molecule has 1 fully saturated rings. The van der Waals surface area contributed by atoms with Gasteiger partial charge in [0.1, 0.15) is 18.4 Å². The molecule has 0 radical (unpaired) electrons. The summed E-state index contributed by atoms with van der Waals surface area (Å²) < 4.78 is 27.6. The van der Waals surface area contributed by atoms with Gasteiger partial charge in [-0.15, -0.1) is 0 Å². The molecule has 14 nitrogen and oxygen atoms in total. The maximum Gasteiger partial charge on any atom is 0.264 e. The quantitative estimate of drug-likeness (QED) is 0.139. The van der Waals surface area contributed by atoms with Crippen molar-refractivity contribution in [3.8, 4) is 5.75 Å². The van der Waals surface area contributed by atoms with Crippen molar-refractivity contribution >= 4 is 35.2 Å². The van der Waals surface area contributed by atoms with Crippen LogP contribution in [0.1, 0.15) is 39.1 Å². The largest absolute Gasteiger partial charge is 0.491 e. The second-order valence-electron chi connectivity index (χ2n) is 10.2. The number of benzene rings is 2. The molecule has 5 amide bonds. The SMILES string of the molecule is NC(=O)Cc1ccc(OCCOCCOCCOCCOCCNc2cccc3c2C(=O)N(C2CCC(=O)NC2=O)C3=O)cc1. The van der Waals surface area contributed by atoms with E-state index >= 15 is 0 Å². The zero-order valence-corrected chi connectivity index (χ0v) is 24.9. The minimum absolute atomic E-state index is 0.0648. The van der Waals surface area contributed by atoms with Crippen molar-refractivity contribution in [2.75, 3.05) is 71.3 Å². The van der Waals surface area contributed by atoms with Gasteiger partial charge in [0.25, 0.3) is 11.8 Å². The van der Waals surface area contributed by atoms with E-state index in [1.807, 2.05) is 0 Å². The smallest absolute Gasteiger partial charge is 0.264 e. The third-order valence-electron chi connectivity index (χ3n) is 6.94. The number of nitrogens with zero attached hydrogens (tertiary/aromatic N) is 1. The summed E-state index contributed by atoms with van der Waals surface area (Å²) >= 11 is 0. The monoisotopic (exact) mass is 626 g/mol. The number of nitrogens with two attached hydrogens (primary N) is 1. The molecule has 45 heavy (non-hydrogen) atoms. The van der Waals surface area contributed by atoms with Gasteiger partial charge in [-0.25, -0.2) is 0 Å². The fourth-order valence-corrected chi connectivity index (χ4v) is 4.81. The molecule has 2 heterocycles. The average Bonchev–Trinajstić information content (AvgIpc) is 3.27. The van der Waals surface area contributed by atoms with E-state index in [9.17, 15) is 24.0 Å². The molecule has 1 saturated heterocycles. The van der Waals surface area contributed by atoms with Crippen LogP contribution in [0.15, 0.2) is 42.5 Å². The number of hydrogen-bond acceptors (Lipinski definition) is 11. The fourth-order valence-electron chi connectivity index (χ4n) is 4.81. The summed E-state index contributed by atoms with van der Waals surface area (Å²) in [7, 11) is 0. The predicted octanol–water partition coefficient (Wildman–Crippen LogP) is 0.673. The van der Waals surface area contributed by atoms with Crippen molar-refractivity contribution in [2.45, 2.75) is 25.3 Å². The maximum atomic E-state index is 13.1. The Morgan fingerprint density at radius 2 is 1.44 bits per heavy atom. The lowest BCUT2D eigenvalue weighted by Gasteiger charge is -2.27. The Kier molecular flexibility index (Phi) is 12.8. The number of amides is 5. The highest BCUT2D eigenvalue weighted by Crippen LogP contribution is 2.32. The van der Waals surface area contributed by atoms with Crippen LogP contribution in [0, 0.1) is 0 Å². The van der Waals surface area contributed by atoms with E-state index in [-0.39, 0.29) is 36.3 Å². The number of nitrogens with one attached hydrogen (secondary N) is 2. The summed E-state index contributed by atoms with van der Waals surface area (Å²) in [6, 6.07) is 11.1. The molecule has 14 heteroatoms. The van der Waals surface area contributed by atoms with Crippen molar-refractivity contribution in [3.05, 3.63) is 59.2 Å². The topological polar surface area (TPSA) is 185 Å². The molecule has 1 unspecified atom stereocenters. The summed E-state index contributed by atoms with van der Waals surface area (Å²) in [5.41, 5.74) is 6.91. The van der Waals surface area contributed by atoms with Gasteiger partial charge in [-0.1, -0.05) is 18.2 Å². The molecule has 2 aliphatic rings. The molecule has 0 aromatic heterocycles. The first-order valence-corrected chi connectivity index (χ1v) is 14.7. The van der Waals surface area contributed by atoms with Gasteiger partial charge in [0.15, 0.2) is 0 Å². The first-order chi connectivity index (χ1) is 21.8. The summed E-state index contributed by atoms with van der Waals surface area (Å²) in [5, 5.41) is 5.31. The molecule has 4 rings (SSSR count). The van der Waals surface area contributed by atoms with Crippen LogP contribution in [0.5, 0.6) is 5.75 Å². The van der Waals surface area contributed by atoms with Gasteiger partial charge in [-0.3, -0.25) is 34.2 Å². The number of piperidine rings is 1. The fraction of sp³-hybridized carbons (Fsp3) is 0.452. The number of primary amides is 1. The standard InChI is InChI=1S/C31H38N4O10/c32-26(36)20-21-4-6-22(7-5-21)45-19-18-44-17-16-43-15-14-42-13-12-41-11-10-33-24-3-1-2-23-28(24)31(40)35(30(23)39)25-8-9-27(37)34-29(25)38/h1-7,25,33H,8-20H2,(H2,32,36)(H,34,37,38). The van der Waals surface area contributed by atoms with Gasteiger partial charge < -0.3 is 34.7 Å². The minimum atomic E-state index is -1.01. The number of fused-ring (bicyclic) bond motifs is 1. The third kappa shape index (κ3) is 9.81. The summed E-state index contributed by atoms with van der Waals surface area (Å²) in [5.74, 6) is -1.86. The molecule has 2 aromatic carbocycles. The number of hydrogen-bond donors (Lipinski definition) is 3. The van der Waals surface area contributed by atoms with Crippen molar-refractivity contribution in [2.24, 2.45) is 5.73 Å². The molecule has 2 aromatic rings. The van der Waals surface area contributed by atoms with Gasteiger partial charge in [0, 0.05) is 18.7 Å². The molecule has 4 N–H and O–H groups in total. The van der Waals surface area contributed by atoms with E-state index in [1.54, 1.807) is 42.5 Å². The van der Waals surface area contributed by atoms with E-state index in [1.165, 1.54) is 0 Å². The zero-order chi connectivity index (χ0) is 32.0. The van der Waals surface area contributed by atoms with Crippen molar-refractivity contribution in [1.82, 2.24) is 10.2 Å². The van der Waals surface area contributed by atoms with Crippen LogP contribution in [0.25, 0.3) is 0 Å². The Morgan fingerprint density at radius 1 is 0.822 bits per heavy atom. The highest BCUT2D eigenvalue weighted by atomic mass is 16.6. The first kappa shape index (κ1) is 33.5. The Morgan fingerprint density at radius 3 is 2.07 bits per heavy atom. The van der Waals surface area contributed by atoms with Gasteiger partial charge in [-0.2, -0.15) is 0 Å². The lowest BCUT2D eigenvalue weighted by molar-refractivity contribution is -0.136. The molecule has 242 valence electrons. The highest BCUT2D eigenvalue weighted by Gasteiger charge is 2.45. The van der Waals surface area contributed by atoms with Crippen LogP contribution in [0.2, 0.25) is 0 Å².